The molecule has 2 atom stereocenters. The molecule has 21 heavy (non-hydrogen) atoms. The normalized spacial score (nSPS) is 40.4. The molecule has 0 aliphatic heterocycles. The maximum Gasteiger partial charge on any atom is 0.191 e. The molecule has 1 heterocycles. The van der Waals surface area contributed by atoms with Crippen LogP contribution in [0.3, 0.4) is 0 Å². The molecule has 0 saturated heterocycles. The average molecular weight is 288 g/mol. The number of aromatic nitrogens is 1. The van der Waals surface area contributed by atoms with Gasteiger partial charge in [0.1, 0.15) is 6.26 Å². The van der Waals surface area contributed by atoms with Crippen LogP contribution in [0, 0.1) is 30.1 Å². The minimum atomic E-state index is 0.283. The maximum atomic E-state index is 5.37. The molecule has 0 radical (unpaired) electrons. The second kappa shape index (κ2) is 4.84. The van der Waals surface area contributed by atoms with Crippen molar-refractivity contribution in [2.75, 3.05) is 0 Å². The lowest BCUT2D eigenvalue weighted by atomic mass is 9.48. The predicted octanol–water partition coefficient (Wildman–Crippen LogP) is 4.24. The fourth-order valence-corrected chi connectivity index (χ4v) is 5.92. The van der Waals surface area contributed by atoms with Gasteiger partial charge in [0, 0.05) is 13.0 Å². The number of nitrogens with zero attached hydrogens (tertiary/aromatic N) is 1. The van der Waals surface area contributed by atoms with Gasteiger partial charge >= 0.3 is 0 Å². The molecule has 0 unspecified atom stereocenters. The van der Waals surface area contributed by atoms with Gasteiger partial charge in [-0.2, -0.15) is 0 Å². The molecular weight excluding hydrogens is 260 g/mol. The Labute approximate surface area is 127 Å². The highest BCUT2D eigenvalue weighted by atomic mass is 16.3. The number of hydrogen-bond acceptors (Lipinski definition) is 3. The monoisotopic (exact) mass is 288 g/mol. The summed E-state index contributed by atoms with van der Waals surface area (Å²) in [5.74, 6) is 3.82. The zero-order valence-corrected chi connectivity index (χ0v) is 13.6. The van der Waals surface area contributed by atoms with Gasteiger partial charge in [0.2, 0.25) is 0 Å². The third-order valence-corrected chi connectivity index (χ3v) is 6.58. The summed E-state index contributed by atoms with van der Waals surface area (Å²) < 4.78 is 5.37. The van der Waals surface area contributed by atoms with Gasteiger partial charge in [0.15, 0.2) is 5.89 Å². The van der Waals surface area contributed by atoms with Crippen LogP contribution >= 0.6 is 0 Å². The molecule has 1 aromatic rings. The third-order valence-electron chi connectivity index (χ3n) is 6.58. The molecule has 1 aromatic heterocycles. The molecule has 4 aliphatic carbocycles. The van der Waals surface area contributed by atoms with E-state index in [1.807, 2.05) is 6.92 Å². The zero-order chi connectivity index (χ0) is 14.6. The fraction of sp³-hybridized carbons (Fsp3) is 0.833. The van der Waals surface area contributed by atoms with Crippen molar-refractivity contribution < 1.29 is 4.42 Å². The van der Waals surface area contributed by atoms with Crippen LogP contribution in [0.15, 0.2) is 10.7 Å². The van der Waals surface area contributed by atoms with Crippen LogP contribution in [-0.2, 0) is 0 Å². The van der Waals surface area contributed by atoms with Crippen LogP contribution in [0.4, 0.5) is 0 Å². The third kappa shape index (κ3) is 2.34. The number of rotatable bonds is 4. The van der Waals surface area contributed by atoms with Gasteiger partial charge < -0.3 is 9.73 Å². The fourth-order valence-electron chi connectivity index (χ4n) is 5.92. The van der Waals surface area contributed by atoms with E-state index in [9.17, 15) is 0 Å². The molecule has 5 rings (SSSR count). The van der Waals surface area contributed by atoms with E-state index < -0.39 is 0 Å². The number of aryl methyl sites for hydroxylation is 1. The summed E-state index contributed by atoms with van der Waals surface area (Å²) >= 11 is 0. The Morgan fingerprint density at radius 1 is 1.14 bits per heavy atom. The molecule has 0 amide bonds. The number of hydrogen-bond donors (Lipinski definition) is 1. The van der Waals surface area contributed by atoms with Gasteiger partial charge in [-0.15, -0.1) is 0 Å². The SMILES string of the molecule is Cc1nc([C@H](C)N[C@H](C)C23CC4CC(CC(C4)C2)C3)co1. The first-order valence-corrected chi connectivity index (χ1v) is 8.72. The smallest absolute Gasteiger partial charge is 0.191 e. The molecule has 4 aliphatic rings. The van der Waals surface area contributed by atoms with Gasteiger partial charge in [-0.3, -0.25) is 0 Å². The number of nitrogens with one attached hydrogen (secondary N) is 1. The maximum absolute atomic E-state index is 5.37. The van der Waals surface area contributed by atoms with Crippen molar-refractivity contribution in [2.24, 2.45) is 23.2 Å². The Morgan fingerprint density at radius 2 is 1.71 bits per heavy atom. The Morgan fingerprint density at radius 3 is 2.19 bits per heavy atom. The van der Waals surface area contributed by atoms with E-state index in [4.69, 9.17) is 4.42 Å². The largest absolute Gasteiger partial charge is 0.449 e. The zero-order valence-electron chi connectivity index (χ0n) is 13.6. The van der Waals surface area contributed by atoms with E-state index in [2.05, 4.69) is 24.1 Å². The van der Waals surface area contributed by atoms with Gasteiger partial charge in [0.25, 0.3) is 0 Å². The Kier molecular flexibility index (Phi) is 3.18. The second-order valence-corrected chi connectivity index (χ2v) is 8.18. The quantitative estimate of drug-likeness (QED) is 0.900. The molecule has 4 fully saturated rings. The van der Waals surface area contributed by atoms with E-state index in [0.717, 1.165) is 29.3 Å². The molecule has 3 nitrogen and oxygen atoms in total. The van der Waals surface area contributed by atoms with Gasteiger partial charge in [-0.05, 0) is 75.5 Å². The molecule has 4 bridgehead atoms. The minimum absolute atomic E-state index is 0.283. The lowest BCUT2D eigenvalue weighted by molar-refractivity contribution is -0.0720. The first kappa shape index (κ1) is 13.8. The van der Waals surface area contributed by atoms with Crippen molar-refractivity contribution in [3.05, 3.63) is 17.8 Å². The Bertz CT molecular complexity index is 486. The van der Waals surface area contributed by atoms with E-state index in [-0.39, 0.29) is 6.04 Å². The van der Waals surface area contributed by atoms with Gasteiger partial charge in [-0.25, -0.2) is 4.98 Å². The van der Waals surface area contributed by atoms with Crippen LogP contribution in [0.25, 0.3) is 0 Å². The second-order valence-electron chi connectivity index (χ2n) is 8.18. The van der Waals surface area contributed by atoms with E-state index >= 15 is 0 Å². The first-order valence-electron chi connectivity index (χ1n) is 8.72. The lowest BCUT2D eigenvalue weighted by Gasteiger charge is -2.59. The summed E-state index contributed by atoms with van der Waals surface area (Å²) in [4.78, 5) is 4.48. The summed E-state index contributed by atoms with van der Waals surface area (Å²) in [7, 11) is 0. The van der Waals surface area contributed by atoms with Crippen LogP contribution in [-0.4, -0.2) is 11.0 Å². The lowest BCUT2D eigenvalue weighted by Crippen LogP contribution is -2.55. The number of oxazole rings is 1. The summed E-state index contributed by atoms with van der Waals surface area (Å²) in [6.07, 6.45) is 10.7. The van der Waals surface area contributed by atoms with Crippen molar-refractivity contribution in [1.82, 2.24) is 10.3 Å². The topological polar surface area (TPSA) is 38.1 Å². The molecular formula is C18H28N2O. The summed E-state index contributed by atoms with van der Waals surface area (Å²) in [6.45, 7) is 6.55. The Hall–Kier alpha value is -0.830. The van der Waals surface area contributed by atoms with Crippen LogP contribution in [0.5, 0.6) is 0 Å². The van der Waals surface area contributed by atoms with Crippen molar-refractivity contribution in [2.45, 2.75) is 71.4 Å². The van der Waals surface area contributed by atoms with Crippen LogP contribution < -0.4 is 5.32 Å². The molecule has 0 spiro atoms. The summed E-state index contributed by atoms with van der Waals surface area (Å²) in [6, 6.07) is 0.864. The molecule has 3 heteroatoms. The first-order chi connectivity index (χ1) is 10.0. The van der Waals surface area contributed by atoms with Gasteiger partial charge in [-0.1, -0.05) is 0 Å². The van der Waals surface area contributed by atoms with Crippen molar-refractivity contribution in [3.8, 4) is 0 Å². The molecule has 4 saturated carbocycles. The minimum Gasteiger partial charge on any atom is -0.449 e. The molecule has 1 N–H and O–H groups in total. The standard InChI is InChI=1S/C18H28N2O/c1-11(17-10-21-13(3)20-17)19-12(2)18-7-14-4-15(8-18)6-16(5-14)9-18/h10-12,14-16,19H,4-9H2,1-3H3/t11-,12+,14?,15?,16?,18?/m0/s1. The highest BCUT2D eigenvalue weighted by molar-refractivity contribution is 5.08. The Balaban J connectivity index is 1.48. The molecule has 116 valence electrons. The predicted molar refractivity (Wildman–Crippen MR) is 82.9 cm³/mol. The van der Waals surface area contributed by atoms with Gasteiger partial charge in [0.05, 0.1) is 11.7 Å². The van der Waals surface area contributed by atoms with E-state index in [1.165, 1.54) is 38.5 Å². The van der Waals surface area contributed by atoms with E-state index in [1.54, 1.807) is 6.26 Å². The van der Waals surface area contributed by atoms with Crippen LogP contribution in [0.1, 0.15) is 70.0 Å². The van der Waals surface area contributed by atoms with Crippen molar-refractivity contribution >= 4 is 0 Å². The molecule has 0 aromatic carbocycles. The van der Waals surface area contributed by atoms with Crippen molar-refractivity contribution in [3.63, 3.8) is 0 Å². The highest BCUT2D eigenvalue weighted by Crippen LogP contribution is 2.61. The van der Waals surface area contributed by atoms with Crippen molar-refractivity contribution in [1.29, 1.82) is 0 Å². The average Bonchev–Trinajstić information content (AvgIpc) is 2.84. The summed E-state index contributed by atoms with van der Waals surface area (Å²) in [5.41, 5.74) is 1.60. The summed E-state index contributed by atoms with van der Waals surface area (Å²) in [5, 5.41) is 3.84. The highest BCUT2D eigenvalue weighted by Gasteiger charge is 2.53. The van der Waals surface area contributed by atoms with E-state index in [0.29, 0.717) is 11.5 Å². The van der Waals surface area contributed by atoms with Crippen LogP contribution in [0.2, 0.25) is 0 Å².